The van der Waals surface area contributed by atoms with Crippen LogP contribution in [0.5, 0.6) is 0 Å². The number of anilines is 2. The van der Waals surface area contributed by atoms with Crippen molar-refractivity contribution < 1.29 is 28.8 Å². The summed E-state index contributed by atoms with van der Waals surface area (Å²) in [7, 11) is 0. The number of nitro groups is 1. The molecule has 0 aliphatic rings. The number of hydrogen-bond acceptors (Lipinski definition) is 10. The van der Waals surface area contributed by atoms with Crippen molar-refractivity contribution in [3.05, 3.63) is 80.3 Å². The lowest BCUT2D eigenvalue weighted by Gasteiger charge is -2.20. The topological polar surface area (TPSA) is 155 Å². The van der Waals surface area contributed by atoms with Crippen LogP contribution in [0.15, 0.2) is 48.5 Å². The number of carbonyl (C=O) groups excluding carboxylic acids is 3. The minimum atomic E-state index is -0.927. The number of aryl methyl sites for hydroxylation is 1. The Morgan fingerprint density at radius 3 is 2.49 bits per heavy atom. The number of hydrogen-bond donors (Lipinski definition) is 1. The van der Waals surface area contributed by atoms with Gasteiger partial charge in [-0.15, -0.1) is 0 Å². The first-order valence-electron chi connectivity index (χ1n) is 10.4. The van der Waals surface area contributed by atoms with Gasteiger partial charge in [-0.2, -0.15) is 0 Å². The van der Waals surface area contributed by atoms with E-state index in [1.807, 2.05) is 30.3 Å². The number of nitrogen functional groups attached to an aromatic ring is 1. The molecule has 1 heterocycles. The van der Waals surface area contributed by atoms with Gasteiger partial charge < -0.3 is 15.2 Å². The van der Waals surface area contributed by atoms with Crippen LogP contribution in [-0.2, 0) is 20.8 Å². The van der Waals surface area contributed by atoms with Crippen LogP contribution in [0, 0.1) is 17.0 Å². The highest BCUT2D eigenvalue weighted by Gasteiger charge is 2.25. The van der Waals surface area contributed by atoms with E-state index in [4.69, 9.17) is 15.2 Å². The van der Waals surface area contributed by atoms with Gasteiger partial charge in [0.15, 0.2) is 11.7 Å². The molecule has 1 aromatic heterocycles. The Morgan fingerprint density at radius 2 is 1.83 bits per heavy atom. The number of ether oxygens (including phenoxy) is 2. The fourth-order valence-corrected chi connectivity index (χ4v) is 4.01. The summed E-state index contributed by atoms with van der Waals surface area (Å²) in [6.45, 7) is 2.96. The summed E-state index contributed by atoms with van der Waals surface area (Å²) >= 11 is 0.991. The van der Waals surface area contributed by atoms with Crippen LogP contribution in [-0.4, -0.2) is 41.0 Å². The van der Waals surface area contributed by atoms with Gasteiger partial charge in [0.2, 0.25) is 0 Å². The average molecular weight is 499 g/mol. The van der Waals surface area contributed by atoms with E-state index in [0.29, 0.717) is 5.69 Å². The SMILES string of the molecule is CCOC(=O)c1sc(N(Cc2ccccc2)C(=O)COC(=O)c2ccc(N)c([N+](=O)[O-])c2)nc1C. The summed E-state index contributed by atoms with van der Waals surface area (Å²) in [5, 5.41) is 11.3. The van der Waals surface area contributed by atoms with Gasteiger partial charge in [-0.1, -0.05) is 41.7 Å². The lowest BCUT2D eigenvalue weighted by atomic mass is 10.2. The highest BCUT2D eigenvalue weighted by atomic mass is 32.1. The molecule has 0 radical (unpaired) electrons. The molecule has 0 atom stereocenters. The molecule has 35 heavy (non-hydrogen) atoms. The Bertz CT molecular complexity index is 1260. The molecule has 0 aliphatic carbocycles. The van der Waals surface area contributed by atoms with E-state index >= 15 is 0 Å². The summed E-state index contributed by atoms with van der Waals surface area (Å²) in [4.78, 5) is 54.0. The van der Waals surface area contributed by atoms with Crippen molar-refractivity contribution >= 4 is 45.7 Å². The molecule has 0 bridgehead atoms. The number of rotatable bonds is 9. The van der Waals surface area contributed by atoms with Gasteiger partial charge in [0.05, 0.1) is 29.3 Å². The molecule has 182 valence electrons. The van der Waals surface area contributed by atoms with E-state index in [9.17, 15) is 24.5 Å². The standard InChI is InChI=1S/C23H22N4O7S/c1-3-33-22(30)20-14(2)25-23(35-20)26(12-15-7-5-4-6-8-15)19(28)13-34-21(29)16-9-10-17(24)18(11-16)27(31)32/h4-11H,3,12-13,24H2,1-2H3. The number of nitrogens with zero attached hydrogens (tertiary/aromatic N) is 3. The molecule has 11 nitrogen and oxygen atoms in total. The zero-order valence-corrected chi connectivity index (χ0v) is 19.7. The summed E-state index contributed by atoms with van der Waals surface area (Å²) in [5.41, 5.74) is 6.07. The highest BCUT2D eigenvalue weighted by molar-refractivity contribution is 7.17. The number of amides is 1. The number of benzene rings is 2. The number of esters is 2. The van der Waals surface area contributed by atoms with Crippen LogP contribution in [0.3, 0.4) is 0 Å². The maximum absolute atomic E-state index is 13.1. The molecule has 2 N–H and O–H groups in total. The van der Waals surface area contributed by atoms with Crippen LogP contribution < -0.4 is 10.6 Å². The van der Waals surface area contributed by atoms with Crippen LogP contribution in [0.4, 0.5) is 16.5 Å². The second kappa shape index (κ2) is 11.2. The average Bonchev–Trinajstić information content (AvgIpc) is 3.23. The van der Waals surface area contributed by atoms with E-state index in [1.54, 1.807) is 13.8 Å². The molecule has 0 aliphatic heterocycles. The molecule has 0 saturated heterocycles. The fourth-order valence-electron chi connectivity index (χ4n) is 3.03. The Hall–Kier alpha value is -4.32. The number of nitro benzene ring substituents is 1. The van der Waals surface area contributed by atoms with Crippen LogP contribution in [0.2, 0.25) is 0 Å². The first-order valence-corrected chi connectivity index (χ1v) is 11.2. The monoisotopic (exact) mass is 498 g/mol. The van der Waals surface area contributed by atoms with Crippen molar-refractivity contribution in [1.82, 2.24) is 4.98 Å². The first kappa shape index (κ1) is 25.3. The zero-order chi connectivity index (χ0) is 25.5. The first-order chi connectivity index (χ1) is 16.7. The van der Waals surface area contributed by atoms with E-state index < -0.39 is 35.1 Å². The second-order valence-electron chi connectivity index (χ2n) is 7.20. The molecule has 1 amide bonds. The molecule has 0 spiro atoms. The molecule has 0 unspecified atom stereocenters. The van der Waals surface area contributed by atoms with Crippen molar-refractivity contribution in [2.45, 2.75) is 20.4 Å². The molecule has 12 heteroatoms. The van der Waals surface area contributed by atoms with E-state index in [2.05, 4.69) is 4.98 Å². The minimum absolute atomic E-state index is 0.104. The number of thiazole rings is 1. The second-order valence-corrected chi connectivity index (χ2v) is 8.18. The van der Waals surface area contributed by atoms with Gasteiger partial charge in [-0.25, -0.2) is 14.6 Å². The van der Waals surface area contributed by atoms with Crippen LogP contribution >= 0.6 is 11.3 Å². The van der Waals surface area contributed by atoms with E-state index in [0.717, 1.165) is 23.0 Å². The normalized spacial score (nSPS) is 10.5. The van der Waals surface area contributed by atoms with Gasteiger partial charge in [0.1, 0.15) is 10.6 Å². The summed E-state index contributed by atoms with van der Waals surface area (Å²) in [6, 6.07) is 12.5. The predicted molar refractivity (Wildman–Crippen MR) is 128 cm³/mol. The molecule has 0 fully saturated rings. The zero-order valence-electron chi connectivity index (χ0n) is 18.9. The van der Waals surface area contributed by atoms with Gasteiger partial charge in [0, 0.05) is 6.07 Å². The minimum Gasteiger partial charge on any atom is -0.462 e. The van der Waals surface area contributed by atoms with Crippen molar-refractivity contribution in [2.24, 2.45) is 0 Å². The molecule has 3 rings (SSSR count). The van der Waals surface area contributed by atoms with Gasteiger partial charge in [0.25, 0.3) is 11.6 Å². The predicted octanol–water partition coefficient (Wildman–Crippen LogP) is 3.51. The smallest absolute Gasteiger partial charge is 0.350 e. The lowest BCUT2D eigenvalue weighted by Crippen LogP contribution is -2.34. The molecule has 2 aromatic carbocycles. The third-order valence-corrected chi connectivity index (χ3v) is 5.91. The molecular formula is C23H22N4O7S. The molecule has 3 aromatic rings. The van der Waals surface area contributed by atoms with Crippen LogP contribution in [0.1, 0.15) is 38.2 Å². The third-order valence-electron chi connectivity index (χ3n) is 4.75. The van der Waals surface area contributed by atoms with Crippen molar-refractivity contribution in [1.29, 1.82) is 0 Å². The summed E-state index contributed by atoms with van der Waals surface area (Å²) in [5.74, 6) is -2.07. The maximum atomic E-state index is 13.1. The largest absolute Gasteiger partial charge is 0.462 e. The highest BCUT2D eigenvalue weighted by Crippen LogP contribution is 2.28. The lowest BCUT2D eigenvalue weighted by molar-refractivity contribution is -0.383. The van der Waals surface area contributed by atoms with Crippen LogP contribution in [0.25, 0.3) is 0 Å². The Labute approximate surface area is 204 Å². The Morgan fingerprint density at radius 1 is 1.11 bits per heavy atom. The van der Waals surface area contributed by atoms with Gasteiger partial charge >= 0.3 is 11.9 Å². The van der Waals surface area contributed by atoms with E-state index in [-0.39, 0.29) is 34.4 Å². The molecular weight excluding hydrogens is 476 g/mol. The van der Waals surface area contributed by atoms with Gasteiger partial charge in [-0.3, -0.25) is 19.8 Å². The number of carbonyl (C=O) groups is 3. The summed E-state index contributed by atoms with van der Waals surface area (Å²) in [6.07, 6.45) is 0. The quantitative estimate of drug-likeness (QED) is 0.202. The Kier molecular flexibility index (Phi) is 8.10. The molecule has 0 saturated carbocycles. The maximum Gasteiger partial charge on any atom is 0.350 e. The third kappa shape index (κ3) is 6.18. The van der Waals surface area contributed by atoms with Crippen molar-refractivity contribution in [2.75, 3.05) is 23.8 Å². The van der Waals surface area contributed by atoms with E-state index in [1.165, 1.54) is 17.0 Å². The summed E-state index contributed by atoms with van der Waals surface area (Å²) < 4.78 is 10.2. The number of nitrogens with two attached hydrogens (primary N) is 1. The van der Waals surface area contributed by atoms with Crippen molar-refractivity contribution in [3.8, 4) is 0 Å². The fraction of sp³-hybridized carbons (Fsp3) is 0.217. The number of aromatic nitrogens is 1. The van der Waals surface area contributed by atoms with Crippen molar-refractivity contribution in [3.63, 3.8) is 0 Å². The van der Waals surface area contributed by atoms with Gasteiger partial charge in [-0.05, 0) is 31.5 Å². The Balaban J connectivity index is 1.82.